The van der Waals surface area contributed by atoms with E-state index in [2.05, 4.69) is 0 Å². The molecule has 1 fully saturated rings. The standard InChI is InChI=1S/C15H21NO3/c1-16(10-11-6-3-2-4-7-11)15(19)14-12(17)8-5-9-13(14)18/h5,8-9,11,17-18H,2-4,6-7,10H2,1H3. The Morgan fingerprint density at radius 1 is 1.21 bits per heavy atom. The minimum Gasteiger partial charge on any atom is -0.507 e. The average molecular weight is 263 g/mol. The molecule has 0 spiro atoms. The highest BCUT2D eigenvalue weighted by Gasteiger charge is 2.23. The normalized spacial score (nSPS) is 16.3. The molecule has 104 valence electrons. The Labute approximate surface area is 113 Å². The minimum atomic E-state index is -0.318. The first-order chi connectivity index (χ1) is 9.09. The summed E-state index contributed by atoms with van der Waals surface area (Å²) >= 11 is 0. The molecule has 19 heavy (non-hydrogen) atoms. The average Bonchev–Trinajstić information content (AvgIpc) is 2.39. The summed E-state index contributed by atoms with van der Waals surface area (Å²) in [5.41, 5.74) is 0.000749. The molecule has 4 heteroatoms. The molecule has 1 saturated carbocycles. The maximum atomic E-state index is 12.3. The van der Waals surface area contributed by atoms with Crippen molar-refractivity contribution in [2.24, 2.45) is 5.92 Å². The fraction of sp³-hybridized carbons (Fsp3) is 0.533. The highest BCUT2D eigenvalue weighted by Crippen LogP contribution is 2.29. The highest BCUT2D eigenvalue weighted by molar-refractivity contribution is 5.99. The highest BCUT2D eigenvalue weighted by atomic mass is 16.3. The van der Waals surface area contributed by atoms with Crippen LogP contribution in [-0.4, -0.2) is 34.6 Å². The van der Waals surface area contributed by atoms with Crippen LogP contribution in [0.5, 0.6) is 11.5 Å². The van der Waals surface area contributed by atoms with Crippen molar-refractivity contribution in [1.82, 2.24) is 4.90 Å². The van der Waals surface area contributed by atoms with E-state index in [1.54, 1.807) is 11.9 Å². The Morgan fingerprint density at radius 3 is 2.37 bits per heavy atom. The van der Waals surface area contributed by atoms with E-state index in [-0.39, 0.29) is 23.0 Å². The number of rotatable bonds is 3. The third kappa shape index (κ3) is 3.19. The summed E-state index contributed by atoms with van der Waals surface area (Å²) < 4.78 is 0. The molecule has 1 aliphatic carbocycles. The van der Waals surface area contributed by atoms with Crippen molar-refractivity contribution < 1.29 is 15.0 Å². The molecule has 1 aromatic rings. The van der Waals surface area contributed by atoms with Crippen molar-refractivity contribution in [3.05, 3.63) is 23.8 Å². The van der Waals surface area contributed by atoms with Crippen molar-refractivity contribution in [2.75, 3.05) is 13.6 Å². The van der Waals surface area contributed by atoms with Crippen LogP contribution < -0.4 is 0 Å². The van der Waals surface area contributed by atoms with E-state index in [0.717, 1.165) is 12.8 Å². The second-order valence-electron chi connectivity index (χ2n) is 5.36. The van der Waals surface area contributed by atoms with Gasteiger partial charge in [-0.05, 0) is 30.9 Å². The summed E-state index contributed by atoms with van der Waals surface area (Å²) in [5, 5.41) is 19.4. The van der Waals surface area contributed by atoms with Crippen molar-refractivity contribution in [2.45, 2.75) is 32.1 Å². The third-order valence-corrected chi connectivity index (χ3v) is 3.84. The summed E-state index contributed by atoms with van der Waals surface area (Å²) in [6.45, 7) is 0.687. The Bertz CT molecular complexity index is 432. The van der Waals surface area contributed by atoms with Gasteiger partial charge in [0.1, 0.15) is 17.1 Å². The van der Waals surface area contributed by atoms with Crippen molar-refractivity contribution in [3.8, 4) is 11.5 Å². The summed E-state index contributed by atoms with van der Waals surface area (Å²) in [5.74, 6) is -0.113. The van der Waals surface area contributed by atoms with Crippen LogP contribution in [0.4, 0.5) is 0 Å². The van der Waals surface area contributed by atoms with E-state index in [1.165, 1.54) is 37.5 Å². The van der Waals surface area contributed by atoms with Crippen LogP contribution in [0.25, 0.3) is 0 Å². The van der Waals surface area contributed by atoms with Crippen LogP contribution in [0, 0.1) is 5.92 Å². The van der Waals surface area contributed by atoms with E-state index < -0.39 is 0 Å². The third-order valence-electron chi connectivity index (χ3n) is 3.84. The number of carbonyl (C=O) groups excluding carboxylic acids is 1. The molecule has 0 aliphatic heterocycles. The summed E-state index contributed by atoms with van der Waals surface area (Å²) in [7, 11) is 1.73. The van der Waals surface area contributed by atoms with Crippen molar-refractivity contribution in [1.29, 1.82) is 0 Å². The number of benzene rings is 1. The molecule has 1 aromatic carbocycles. The zero-order valence-electron chi connectivity index (χ0n) is 11.3. The number of phenols is 2. The van der Waals surface area contributed by atoms with Gasteiger partial charge >= 0.3 is 0 Å². The van der Waals surface area contributed by atoms with E-state index in [0.29, 0.717) is 12.5 Å². The quantitative estimate of drug-likeness (QED) is 0.881. The lowest BCUT2D eigenvalue weighted by molar-refractivity contribution is 0.0754. The van der Waals surface area contributed by atoms with Crippen LogP contribution in [0.1, 0.15) is 42.5 Å². The van der Waals surface area contributed by atoms with Gasteiger partial charge < -0.3 is 15.1 Å². The number of carbonyl (C=O) groups is 1. The molecule has 0 heterocycles. The van der Waals surface area contributed by atoms with Crippen LogP contribution >= 0.6 is 0 Å². The lowest BCUT2D eigenvalue weighted by atomic mass is 9.89. The number of phenolic OH excluding ortho intramolecular Hbond substituents is 2. The molecule has 2 rings (SSSR count). The first kappa shape index (κ1) is 13.7. The maximum Gasteiger partial charge on any atom is 0.261 e. The molecule has 0 aromatic heterocycles. The predicted octanol–water partition coefficient (Wildman–Crippen LogP) is 2.75. The van der Waals surface area contributed by atoms with E-state index in [1.807, 2.05) is 0 Å². The molecule has 2 N–H and O–H groups in total. The smallest absolute Gasteiger partial charge is 0.261 e. The lowest BCUT2D eigenvalue weighted by Gasteiger charge is -2.27. The number of hydrogen-bond acceptors (Lipinski definition) is 3. The Balaban J connectivity index is 2.06. The van der Waals surface area contributed by atoms with E-state index >= 15 is 0 Å². The molecule has 4 nitrogen and oxygen atoms in total. The van der Waals surface area contributed by atoms with Crippen molar-refractivity contribution in [3.63, 3.8) is 0 Å². The zero-order chi connectivity index (χ0) is 13.8. The molecule has 0 saturated heterocycles. The van der Waals surface area contributed by atoms with Gasteiger partial charge in [0, 0.05) is 13.6 Å². The van der Waals surface area contributed by atoms with Gasteiger partial charge in [-0.15, -0.1) is 0 Å². The first-order valence-electron chi connectivity index (χ1n) is 6.86. The number of aromatic hydroxyl groups is 2. The predicted molar refractivity (Wildman–Crippen MR) is 73.3 cm³/mol. The lowest BCUT2D eigenvalue weighted by Crippen LogP contribution is -2.32. The van der Waals surface area contributed by atoms with Gasteiger partial charge in [0.05, 0.1) is 0 Å². The molecule has 0 unspecified atom stereocenters. The topological polar surface area (TPSA) is 60.8 Å². The monoisotopic (exact) mass is 263 g/mol. The van der Waals surface area contributed by atoms with Gasteiger partial charge in [0.15, 0.2) is 0 Å². The van der Waals surface area contributed by atoms with Crippen LogP contribution in [0.3, 0.4) is 0 Å². The van der Waals surface area contributed by atoms with Gasteiger partial charge in [0.25, 0.3) is 5.91 Å². The number of hydrogen-bond donors (Lipinski definition) is 2. The minimum absolute atomic E-state index is 0.000749. The number of amides is 1. The SMILES string of the molecule is CN(CC1CCCCC1)C(=O)c1c(O)cccc1O. The summed E-state index contributed by atoms with van der Waals surface area (Å²) in [4.78, 5) is 13.9. The van der Waals surface area contributed by atoms with Gasteiger partial charge in [-0.1, -0.05) is 25.3 Å². The zero-order valence-corrected chi connectivity index (χ0v) is 11.3. The fourth-order valence-electron chi connectivity index (χ4n) is 2.78. The van der Waals surface area contributed by atoms with Gasteiger partial charge in [-0.2, -0.15) is 0 Å². The van der Waals surface area contributed by atoms with Crippen molar-refractivity contribution >= 4 is 5.91 Å². The summed E-state index contributed by atoms with van der Waals surface area (Å²) in [6, 6.07) is 4.35. The maximum absolute atomic E-state index is 12.3. The number of nitrogens with zero attached hydrogens (tertiary/aromatic N) is 1. The van der Waals surface area contributed by atoms with Gasteiger partial charge in [-0.25, -0.2) is 0 Å². The molecular weight excluding hydrogens is 242 g/mol. The fourth-order valence-corrected chi connectivity index (χ4v) is 2.78. The Morgan fingerprint density at radius 2 is 1.79 bits per heavy atom. The molecule has 0 atom stereocenters. The first-order valence-corrected chi connectivity index (χ1v) is 6.86. The van der Waals surface area contributed by atoms with E-state index in [9.17, 15) is 15.0 Å². The van der Waals surface area contributed by atoms with Crippen LogP contribution in [0.2, 0.25) is 0 Å². The molecule has 1 amide bonds. The second kappa shape index (κ2) is 5.95. The molecular formula is C15H21NO3. The Kier molecular flexibility index (Phi) is 4.30. The van der Waals surface area contributed by atoms with Crippen LogP contribution in [-0.2, 0) is 0 Å². The Hall–Kier alpha value is -1.71. The van der Waals surface area contributed by atoms with Crippen LogP contribution in [0.15, 0.2) is 18.2 Å². The van der Waals surface area contributed by atoms with Gasteiger partial charge in [-0.3, -0.25) is 4.79 Å². The molecule has 1 aliphatic rings. The largest absolute Gasteiger partial charge is 0.507 e. The molecule has 0 radical (unpaired) electrons. The van der Waals surface area contributed by atoms with Gasteiger partial charge in [0.2, 0.25) is 0 Å². The summed E-state index contributed by atoms with van der Waals surface area (Å²) in [6.07, 6.45) is 6.06. The molecule has 0 bridgehead atoms. The van der Waals surface area contributed by atoms with E-state index in [4.69, 9.17) is 0 Å². The second-order valence-corrected chi connectivity index (χ2v) is 5.36.